The molecule has 0 bridgehead atoms. The molecule has 1 unspecified atom stereocenters. The fourth-order valence-electron chi connectivity index (χ4n) is 1.70. The van der Waals surface area contributed by atoms with E-state index in [0.29, 0.717) is 39.3 Å². The fourth-order valence-corrected chi connectivity index (χ4v) is 1.70. The molecule has 0 aromatic heterocycles. The lowest BCUT2D eigenvalue weighted by atomic mass is 10.2. The molecule has 1 saturated heterocycles. The van der Waals surface area contributed by atoms with Crippen molar-refractivity contribution in [3.63, 3.8) is 0 Å². The molecule has 1 aliphatic rings. The highest BCUT2D eigenvalue weighted by Gasteiger charge is 2.18. The number of carbonyl (C=O) groups excluding carboxylic acids is 2. The third-order valence-corrected chi connectivity index (χ3v) is 2.76. The van der Waals surface area contributed by atoms with Crippen LogP contribution in [-0.2, 0) is 19.1 Å². The third kappa shape index (κ3) is 4.46. The van der Waals surface area contributed by atoms with Crippen LogP contribution >= 0.6 is 0 Å². The minimum absolute atomic E-state index is 0.0680. The van der Waals surface area contributed by atoms with Crippen LogP contribution in [-0.4, -0.2) is 62.8 Å². The van der Waals surface area contributed by atoms with E-state index in [1.807, 2.05) is 0 Å². The maximum absolute atomic E-state index is 11.8. The summed E-state index contributed by atoms with van der Waals surface area (Å²) in [4.78, 5) is 24.8. The van der Waals surface area contributed by atoms with Crippen molar-refractivity contribution in [1.82, 2.24) is 10.2 Å². The number of nitrogens with one attached hydrogen (secondary N) is 1. The van der Waals surface area contributed by atoms with Gasteiger partial charge in [-0.3, -0.25) is 9.59 Å². The van der Waals surface area contributed by atoms with Gasteiger partial charge in [-0.25, -0.2) is 0 Å². The van der Waals surface area contributed by atoms with Crippen LogP contribution in [0.2, 0.25) is 0 Å². The Bertz CT molecular complexity index is 300. The number of rotatable bonds is 6. The van der Waals surface area contributed by atoms with Gasteiger partial charge in [0.05, 0.1) is 20.3 Å². The minimum Gasteiger partial charge on any atom is -0.468 e. The maximum Gasteiger partial charge on any atom is 0.326 e. The second-order valence-corrected chi connectivity index (χ2v) is 3.93. The zero-order valence-electron chi connectivity index (χ0n) is 10.7. The molecule has 0 aromatic carbocycles. The molecule has 1 amide bonds. The number of morpholine rings is 1. The summed E-state index contributed by atoms with van der Waals surface area (Å²) in [6, 6.07) is -0.563. The van der Waals surface area contributed by atoms with Crippen LogP contribution in [0.3, 0.4) is 0 Å². The number of amides is 1. The quantitative estimate of drug-likeness (QED) is 0.515. The highest BCUT2D eigenvalue weighted by molar-refractivity contribution is 5.78. The number of hydrogen-bond acceptors (Lipinski definition) is 5. The van der Waals surface area contributed by atoms with Crippen LogP contribution in [0.25, 0.3) is 0 Å². The van der Waals surface area contributed by atoms with Crippen LogP contribution in [0, 0.1) is 0 Å². The van der Waals surface area contributed by atoms with Crippen molar-refractivity contribution in [2.24, 2.45) is 0 Å². The summed E-state index contributed by atoms with van der Waals surface area (Å²) >= 11 is 0. The molecule has 1 fully saturated rings. The first-order valence-electron chi connectivity index (χ1n) is 5.98. The Hall–Kier alpha value is -1.40. The number of methoxy groups -OCH3 is 1. The smallest absolute Gasteiger partial charge is 0.326 e. The molecule has 18 heavy (non-hydrogen) atoms. The van der Waals surface area contributed by atoms with Crippen molar-refractivity contribution < 1.29 is 19.1 Å². The molecule has 1 heterocycles. The number of esters is 1. The lowest BCUT2D eigenvalue weighted by Gasteiger charge is -2.27. The summed E-state index contributed by atoms with van der Waals surface area (Å²) in [5.41, 5.74) is 0. The zero-order chi connectivity index (χ0) is 13.4. The van der Waals surface area contributed by atoms with Crippen LogP contribution in [0.1, 0.15) is 6.42 Å². The number of ether oxygens (including phenoxy) is 2. The van der Waals surface area contributed by atoms with E-state index < -0.39 is 12.0 Å². The predicted octanol–water partition coefficient (Wildman–Crippen LogP) is -0.447. The average molecular weight is 256 g/mol. The molecule has 102 valence electrons. The largest absolute Gasteiger partial charge is 0.468 e. The van der Waals surface area contributed by atoms with Gasteiger partial charge in [0.15, 0.2) is 0 Å². The first-order valence-corrected chi connectivity index (χ1v) is 5.98. The van der Waals surface area contributed by atoms with E-state index in [4.69, 9.17) is 4.74 Å². The number of nitrogens with zero attached hydrogens (tertiary/aromatic N) is 1. The van der Waals surface area contributed by atoms with Gasteiger partial charge in [-0.05, 0) is 0 Å². The Balaban J connectivity index is 2.25. The van der Waals surface area contributed by atoms with Gasteiger partial charge in [-0.1, -0.05) is 6.08 Å². The lowest BCUT2D eigenvalue weighted by molar-refractivity contribution is -0.142. The van der Waals surface area contributed by atoms with Crippen LogP contribution in [0.15, 0.2) is 12.7 Å². The van der Waals surface area contributed by atoms with Crippen molar-refractivity contribution >= 4 is 11.9 Å². The summed E-state index contributed by atoms with van der Waals surface area (Å²) in [7, 11) is 1.32. The lowest BCUT2D eigenvalue weighted by Crippen LogP contribution is -2.43. The van der Waals surface area contributed by atoms with Crippen molar-refractivity contribution in [1.29, 1.82) is 0 Å². The second-order valence-electron chi connectivity index (χ2n) is 3.93. The summed E-state index contributed by atoms with van der Waals surface area (Å²) < 4.78 is 9.76. The van der Waals surface area contributed by atoms with Gasteiger partial charge < -0.3 is 19.7 Å². The van der Waals surface area contributed by atoms with Gasteiger partial charge in [-0.15, -0.1) is 6.58 Å². The third-order valence-electron chi connectivity index (χ3n) is 2.76. The molecule has 0 radical (unpaired) electrons. The molecule has 0 aliphatic carbocycles. The predicted molar refractivity (Wildman–Crippen MR) is 66.0 cm³/mol. The summed E-state index contributed by atoms with van der Waals surface area (Å²) in [6.45, 7) is 6.43. The Morgan fingerprint density at radius 2 is 2.17 bits per heavy atom. The zero-order valence-corrected chi connectivity index (χ0v) is 10.7. The summed E-state index contributed by atoms with van der Waals surface area (Å²) in [5.74, 6) is -0.331. The molecule has 1 aliphatic heterocycles. The van der Waals surface area contributed by atoms with Gasteiger partial charge in [0.2, 0.25) is 5.91 Å². The van der Waals surface area contributed by atoms with Crippen molar-refractivity contribution in [3.05, 3.63) is 12.7 Å². The molecule has 1 N–H and O–H groups in total. The van der Waals surface area contributed by atoms with E-state index >= 15 is 0 Å². The molecule has 6 heteroatoms. The maximum atomic E-state index is 11.8. The van der Waals surface area contributed by atoms with Gasteiger partial charge in [-0.2, -0.15) is 0 Å². The summed E-state index contributed by atoms with van der Waals surface area (Å²) in [6.07, 6.45) is 1.81. The summed E-state index contributed by atoms with van der Waals surface area (Å²) in [5, 5.41) is 2.92. The van der Waals surface area contributed by atoms with E-state index in [1.165, 1.54) is 13.2 Å². The van der Waals surface area contributed by atoms with E-state index in [9.17, 15) is 9.59 Å². The van der Waals surface area contributed by atoms with E-state index in [-0.39, 0.29) is 5.91 Å². The standard InChI is InChI=1S/C12H20N2O4/c1-3-10(12(16)17-2)13-5-4-11(15)14-6-8-18-9-7-14/h3,10,13H,1,4-9H2,2H3. The Morgan fingerprint density at radius 1 is 1.50 bits per heavy atom. The van der Waals surface area contributed by atoms with E-state index in [2.05, 4.69) is 16.6 Å². The van der Waals surface area contributed by atoms with Crippen molar-refractivity contribution in [3.8, 4) is 0 Å². The monoisotopic (exact) mass is 256 g/mol. The van der Waals surface area contributed by atoms with E-state index in [1.54, 1.807) is 4.90 Å². The molecule has 6 nitrogen and oxygen atoms in total. The Labute approximate surface area is 107 Å². The average Bonchev–Trinajstić information content (AvgIpc) is 2.43. The van der Waals surface area contributed by atoms with E-state index in [0.717, 1.165) is 0 Å². The van der Waals surface area contributed by atoms with Gasteiger partial charge in [0.1, 0.15) is 6.04 Å². The molecule has 0 spiro atoms. The number of hydrogen-bond donors (Lipinski definition) is 1. The van der Waals surface area contributed by atoms with Crippen LogP contribution < -0.4 is 5.32 Å². The minimum atomic E-state index is -0.563. The van der Waals surface area contributed by atoms with Crippen LogP contribution in [0.4, 0.5) is 0 Å². The van der Waals surface area contributed by atoms with Gasteiger partial charge in [0.25, 0.3) is 0 Å². The van der Waals surface area contributed by atoms with Crippen molar-refractivity contribution in [2.45, 2.75) is 12.5 Å². The first kappa shape index (κ1) is 14.7. The fraction of sp³-hybridized carbons (Fsp3) is 0.667. The molecule has 1 atom stereocenters. The van der Waals surface area contributed by atoms with Gasteiger partial charge >= 0.3 is 5.97 Å². The molecule has 0 aromatic rings. The normalized spacial score (nSPS) is 17.1. The topological polar surface area (TPSA) is 67.9 Å². The second kappa shape index (κ2) is 7.84. The SMILES string of the molecule is C=CC(NCCC(=O)N1CCOCC1)C(=O)OC. The molecule has 1 rings (SSSR count). The highest BCUT2D eigenvalue weighted by Crippen LogP contribution is 2.00. The van der Waals surface area contributed by atoms with Gasteiger partial charge in [0, 0.05) is 26.1 Å². The Morgan fingerprint density at radius 3 is 2.72 bits per heavy atom. The highest BCUT2D eigenvalue weighted by atomic mass is 16.5. The molecule has 0 saturated carbocycles. The van der Waals surface area contributed by atoms with Crippen LogP contribution in [0.5, 0.6) is 0 Å². The Kier molecular flexibility index (Phi) is 6.38. The molecular formula is C12H20N2O4. The first-order chi connectivity index (χ1) is 8.69. The number of carbonyl (C=O) groups is 2. The molecular weight excluding hydrogens is 236 g/mol. The van der Waals surface area contributed by atoms with Crippen molar-refractivity contribution in [2.75, 3.05) is 40.0 Å².